The molecule has 0 spiro atoms. The summed E-state index contributed by atoms with van der Waals surface area (Å²) in [7, 11) is 0. The third-order valence-corrected chi connectivity index (χ3v) is 5.41. The zero-order valence-electron chi connectivity index (χ0n) is 12.8. The van der Waals surface area contributed by atoms with E-state index < -0.39 is 0 Å². The molecule has 1 N–H and O–H groups in total. The Balaban J connectivity index is 1.71. The van der Waals surface area contributed by atoms with E-state index in [1.165, 1.54) is 58.3 Å². The zero-order chi connectivity index (χ0) is 13.8. The summed E-state index contributed by atoms with van der Waals surface area (Å²) in [5, 5.41) is 3.52. The van der Waals surface area contributed by atoms with Crippen molar-refractivity contribution in [1.82, 2.24) is 10.2 Å². The lowest BCUT2D eigenvalue weighted by Gasteiger charge is -2.40. The Bertz CT molecular complexity index is 435. The van der Waals surface area contributed by atoms with Crippen LogP contribution < -0.4 is 5.32 Å². The topological polar surface area (TPSA) is 15.3 Å². The van der Waals surface area contributed by atoms with Crippen LogP contribution in [0.1, 0.15) is 43.7 Å². The van der Waals surface area contributed by atoms with E-state index in [1.54, 1.807) is 11.1 Å². The molecule has 1 fully saturated rings. The molecular weight excluding hydrogens is 244 g/mol. The van der Waals surface area contributed by atoms with Crippen molar-refractivity contribution >= 4 is 0 Å². The molecule has 0 aromatic heterocycles. The number of nitrogens with zero attached hydrogens (tertiary/aromatic N) is 1. The Hall–Kier alpha value is -0.860. The molecule has 0 unspecified atom stereocenters. The second-order valence-electron chi connectivity index (χ2n) is 6.69. The number of rotatable bonds is 3. The van der Waals surface area contributed by atoms with Crippen LogP contribution in [0.25, 0.3) is 0 Å². The molecule has 0 radical (unpaired) electrons. The third kappa shape index (κ3) is 3.07. The highest BCUT2D eigenvalue weighted by Gasteiger charge is 2.32. The Labute approximate surface area is 123 Å². The number of hydrogen-bond donors (Lipinski definition) is 1. The molecule has 0 bridgehead atoms. The minimum absolute atomic E-state index is 0.560. The first-order valence-electron chi connectivity index (χ1n) is 8.31. The summed E-state index contributed by atoms with van der Waals surface area (Å²) >= 11 is 0. The van der Waals surface area contributed by atoms with Gasteiger partial charge in [0.2, 0.25) is 0 Å². The average Bonchev–Trinajstić information content (AvgIpc) is 2.69. The van der Waals surface area contributed by atoms with Gasteiger partial charge in [0.05, 0.1) is 0 Å². The molecule has 2 heterocycles. The van der Waals surface area contributed by atoms with Gasteiger partial charge in [-0.15, -0.1) is 0 Å². The van der Waals surface area contributed by atoms with Gasteiger partial charge < -0.3 is 5.32 Å². The smallest absolute Gasteiger partial charge is 0.0236 e. The van der Waals surface area contributed by atoms with Crippen LogP contribution in [-0.2, 0) is 13.0 Å². The quantitative estimate of drug-likeness (QED) is 0.909. The Morgan fingerprint density at radius 2 is 1.90 bits per heavy atom. The first-order valence-corrected chi connectivity index (χ1v) is 8.31. The predicted molar refractivity (Wildman–Crippen MR) is 84.9 cm³/mol. The zero-order valence-corrected chi connectivity index (χ0v) is 12.8. The molecule has 110 valence electrons. The standard InChI is InChI=1S/C18H28N2/c1-2-18(9-11-19-12-10-18)15-20-13-5-8-16-6-3-4-7-17(16)14-20/h3-4,6-7,19H,2,5,8-15H2,1H3. The van der Waals surface area contributed by atoms with E-state index in [0.717, 1.165) is 6.54 Å². The van der Waals surface area contributed by atoms with Crippen molar-refractivity contribution in [3.63, 3.8) is 0 Å². The van der Waals surface area contributed by atoms with Crippen molar-refractivity contribution in [3.8, 4) is 0 Å². The number of hydrogen-bond acceptors (Lipinski definition) is 2. The highest BCUT2D eigenvalue weighted by atomic mass is 15.1. The normalized spacial score (nSPS) is 23.1. The van der Waals surface area contributed by atoms with Gasteiger partial charge in [-0.05, 0) is 68.3 Å². The van der Waals surface area contributed by atoms with Gasteiger partial charge in [0.25, 0.3) is 0 Å². The molecule has 1 aromatic rings. The van der Waals surface area contributed by atoms with E-state index >= 15 is 0 Å². The fourth-order valence-electron chi connectivity index (χ4n) is 3.96. The van der Waals surface area contributed by atoms with Gasteiger partial charge >= 0.3 is 0 Å². The van der Waals surface area contributed by atoms with Gasteiger partial charge in [-0.25, -0.2) is 0 Å². The van der Waals surface area contributed by atoms with Crippen LogP contribution in [0.2, 0.25) is 0 Å². The van der Waals surface area contributed by atoms with Crippen molar-refractivity contribution in [3.05, 3.63) is 35.4 Å². The summed E-state index contributed by atoms with van der Waals surface area (Å²) in [6.45, 7) is 8.52. The lowest BCUT2D eigenvalue weighted by Crippen LogP contribution is -2.44. The first kappa shape index (κ1) is 14.1. The Morgan fingerprint density at radius 1 is 1.15 bits per heavy atom. The molecule has 20 heavy (non-hydrogen) atoms. The van der Waals surface area contributed by atoms with Crippen LogP contribution in [0.5, 0.6) is 0 Å². The van der Waals surface area contributed by atoms with Crippen molar-refractivity contribution in [2.45, 2.75) is 45.6 Å². The second-order valence-corrected chi connectivity index (χ2v) is 6.69. The summed E-state index contributed by atoms with van der Waals surface area (Å²) < 4.78 is 0. The molecule has 0 atom stereocenters. The van der Waals surface area contributed by atoms with Crippen LogP contribution in [0.3, 0.4) is 0 Å². The monoisotopic (exact) mass is 272 g/mol. The van der Waals surface area contributed by atoms with E-state index in [0.29, 0.717) is 5.41 Å². The summed E-state index contributed by atoms with van der Waals surface area (Å²) in [4.78, 5) is 2.72. The van der Waals surface area contributed by atoms with Gasteiger partial charge in [-0.3, -0.25) is 4.90 Å². The molecule has 0 aliphatic carbocycles. The van der Waals surface area contributed by atoms with Crippen molar-refractivity contribution in [1.29, 1.82) is 0 Å². The van der Waals surface area contributed by atoms with Crippen LogP contribution in [0.4, 0.5) is 0 Å². The molecule has 2 heteroatoms. The lowest BCUT2D eigenvalue weighted by atomic mass is 9.76. The maximum absolute atomic E-state index is 3.52. The van der Waals surface area contributed by atoms with E-state index in [1.807, 2.05) is 0 Å². The minimum Gasteiger partial charge on any atom is -0.317 e. The lowest BCUT2D eigenvalue weighted by molar-refractivity contribution is 0.103. The van der Waals surface area contributed by atoms with E-state index in [-0.39, 0.29) is 0 Å². The summed E-state index contributed by atoms with van der Waals surface area (Å²) in [5.74, 6) is 0. The van der Waals surface area contributed by atoms with Crippen LogP contribution >= 0.6 is 0 Å². The van der Waals surface area contributed by atoms with Crippen LogP contribution in [-0.4, -0.2) is 31.1 Å². The second kappa shape index (κ2) is 6.28. The summed E-state index contributed by atoms with van der Waals surface area (Å²) in [5.41, 5.74) is 3.70. The average molecular weight is 272 g/mol. The van der Waals surface area contributed by atoms with Crippen molar-refractivity contribution < 1.29 is 0 Å². The summed E-state index contributed by atoms with van der Waals surface area (Å²) in [6.07, 6.45) is 6.60. The molecule has 3 rings (SSSR count). The molecular formula is C18H28N2. The first-order chi connectivity index (χ1) is 9.81. The maximum Gasteiger partial charge on any atom is 0.0236 e. The van der Waals surface area contributed by atoms with Crippen molar-refractivity contribution in [2.75, 3.05) is 26.2 Å². The van der Waals surface area contributed by atoms with E-state index in [2.05, 4.69) is 41.4 Å². The molecule has 2 nitrogen and oxygen atoms in total. The molecule has 0 amide bonds. The van der Waals surface area contributed by atoms with E-state index in [9.17, 15) is 0 Å². The van der Waals surface area contributed by atoms with Gasteiger partial charge in [-0.2, -0.15) is 0 Å². The molecule has 2 aliphatic heterocycles. The fourth-order valence-corrected chi connectivity index (χ4v) is 3.96. The molecule has 0 saturated carbocycles. The Morgan fingerprint density at radius 3 is 2.65 bits per heavy atom. The molecule has 1 saturated heterocycles. The maximum atomic E-state index is 3.52. The number of aryl methyl sites for hydroxylation is 1. The fraction of sp³-hybridized carbons (Fsp3) is 0.667. The Kier molecular flexibility index (Phi) is 4.42. The highest BCUT2D eigenvalue weighted by molar-refractivity contribution is 5.28. The predicted octanol–water partition coefficient (Wildman–Crippen LogP) is 3.21. The SMILES string of the molecule is CCC1(CN2CCCc3ccccc3C2)CCNCC1. The van der Waals surface area contributed by atoms with Gasteiger partial charge in [0, 0.05) is 13.1 Å². The molecule has 1 aromatic carbocycles. The number of fused-ring (bicyclic) bond motifs is 1. The third-order valence-electron chi connectivity index (χ3n) is 5.41. The van der Waals surface area contributed by atoms with Gasteiger partial charge in [0.15, 0.2) is 0 Å². The minimum atomic E-state index is 0.560. The number of benzene rings is 1. The van der Waals surface area contributed by atoms with Gasteiger partial charge in [-0.1, -0.05) is 31.2 Å². The van der Waals surface area contributed by atoms with Crippen LogP contribution in [0.15, 0.2) is 24.3 Å². The largest absolute Gasteiger partial charge is 0.317 e. The van der Waals surface area contributed by atoms with Gasteiger partial charge in [0.1, 0.15) is 0 Å². The van der Waals surface area contributed by atoms with Crippen LogP contribution in [0, 0.1) is 5.41 Å². The molecule has 2 aliphatic rings. The highest BCUT2D eigenvalue weighted by Crippen LogP contribution is 2.34. The summed E-state index contributed by atoms with van der Waals surface area (Å²) in [6, 6.07) is 9.03. The van der Waals surface area contributed by atoms with E-state index in [4.69, 9.17) is 0 Å². The number of piperidine rings is 1. The number of nitrogens with one attached hydrogen (secondary N) is 1. The van der Waals surface area contributed by atoms with Crippen molar-refractivity contribution in [2.24, 2.45) is 5.41 Å².